The molecule has 1 aromatic rings. The standard InChI is InChI=1S/C14H18N2O4/c17-11(14(18)16-5-3-15-4-6-16)7-10-1-2-12-13(8-10)20-9-19-12/h1-2,8,11,15,17H,3-7,9H2. The molecule has 2 aliphatic rings. The van der Waals surface area contributed by atoms with Crippen LogP contribution in [0, 0.1) is 0 Å². The maximum Gasteiger partial charge on any atom is 0.251 e. The molecule has 1 fully saturated rings. The van der Waals surface area contributed by atoms with Gasteiger partial charge in [-0.2, -0.15) is 0 Å². The van der Waals surface area contributed by atoms with Crippen LogP contribution in [-0.2, 0) is 11.2 Å². The first-order valence-electron chi connectivity index (χ1n) is 6.80. The van der Waals surface area contributed by atoms with Crippen molar-refractivity contribution in [2.75, 3.05) is 33.0 Å². The Labute approximate surface area is 117 Å². The maximum absolute atomic E-state index is 12.1. The third-order valence-electron chi connectivity index (χ3n) is 3.58. The number of hydrogen-bond donors (Lipinski definition) is 2. The Kier molecular flexibility index (Phi) is 3.75. The molecule has 2 aliphatic heterocycles. The van der Waals surface area contributed by atoms with Crippen LogP contribution in [0.3, 0.4) is 0 Å². The number of carbonyl (C=O) groups excluding carboxylic acids is 1. The fraction of sp³-hybridized carbons (Fsp3) is 0.500. The normalized spacial score (nSPS) is 18.9. The highest BCUT2D eigenvalue weighted by atomic mass is 16.7. The minimum absolute atomic E-state index is 0.204. The van der Waals surface area contributed by atoms with Crippen LogP contribution < -0.4 is 14.8 Å². The lowest BCUT2D eigenvalue weighted by Crippen LogP contribution is -2.50. The number of benzene rings is 1. The van der Waals surface area contributed by atoms with E-state index >= 15 is 0 Å². The molecule has 0 bridgehead atoms. The third kappa shape index (κ3) is 2.71. The van der Waals surface area contributed by atoms with Crippen molar-refractivity contribution in [1.82, 2.24) is 10.2 Å². The molecule has 6 heteroatoms. The number of fused-ring (bicyclic) bond motifs is 1. The number of piperazine rings is 1. The zero-order valence-electron chi connectivity index (χ0n) is 11.2. The average Bonchev–Trinajstić information content (AvgIpc) is 2.95. The minimum Gasteiger partial charge on any atom is -0.454 e. The number of aliphatic hydroxyl groups is 1. The summed E-state index contributed by atoms with van der Waals surface area (Å²) in [6.45, 7) is 3.08. The molecule has 0 saturated carbocycles. The first-order chi connectivity index (χ1) is 9.74. The number of nitrogens with one attached hydrogen (secondary N) is 1. The smallest absolute Gasteiger partial charge is 0.251 e. The Bertz CT molecular complexity index is 500. The largest absolute Gasteiger partial charge is 0.454 e. The van der Waals surface area contributed by atoms with E-state index < -0.39 is 6.10 Å². The summed E-state index contributed by atoms with van der Waals surface area (Å²) < 4.78 is 10.5. The molecule has 2 N–H and O–H groups in total. The molecule has 0 spiro atoms. The Balaban J connectivity index is 1.63. The fourth-order valence-corrected chi connectivity index (χ4v) is 2.47. The summed E-state index contributed by atoms with van der Waals surface area (Å²) in [4.78, 5) is 13.8. The van der Waals surface area contributed by atoms with Crippen molar-refractivity contribution >= 4 is 5.91 Å². The van der Waals surface area contributed by atoms with Gasteiger partial charge in [0.25, 0.3) is 5.91 Å². The molecule has 0 aliphatic carbocycles. The lowest BCUT2D eigenvalue weighted by atomic mass is 10.1. The number of ether oxygens (including phenoxy) is 2. The predicted molar refractivity (Wildman–Crippen MR) is 71.7 cm³/mol. The number of carbonyl (C=O) groups is 1. The number of hydrogen-bond acceptors (Lipinski definition) is 5. The summed E-state index contributed by atoms with van der Waals surface area (Å²) in [6, 6.07) is 5.47. The van der Waals surface area contributed by atoms with Crippen molar-refractivity contribution in [3.05, 3.63) is 23.8 Å². The number of aliphatic hydroxyl groups excluding tert-OH is 1. The summed E-state index contributed by atoms with van der Waals surface area (Å²) in [5.74, 6) is 1.17. The average molecular weight is 278 g/mol. The van der Waals surface area contributed by atoms with E-state index in [-0.39, 0.29) is 12.7 Å². The van der Waals surface area contributed by atoms with Gasteiger partial charge in [-0.15, -0.1) is 0 Å². The number of rotatable bonds is 3. The van der Waals surface area contributed by atoms with Crippen LogP contribution in [0.5, 0.6) is 11.5 Å². The molecule has 1 amide bonds. The van der Waals surface area contributed by atoms with Crippen molar-refractivity contribution in [3.8, 4) is 11.5 Å². The van der Waals surface area contributed by atoms with E-state index in [0.29, 0.717) is 31.0 Å². The third-order valence-corrected chi connectivity index (χ3v) is 3.58. The van der Waals surface area contributed by atoms with Crippen molar-refractivity contribution in [2.24, 2.45) is 0 Å². The lowest BCUT2D eigenvalue weighted by Gasteiger charge is -2.29. The molecule has 1 unspecified atom stereocenters. The summed E-state index contributed by atoms with van der Waals surface area (Å²) in [6.07, 6.45) is -0.715. The van der Waals surface area contributed by atoms with Crippen molar-refractivity contribution < 1.29 is 19.4 Å². The summed E-state index contributed by atoms with van der Waals surface area (Å²) in [5.41, 5.74) is 0.866. The molecule has 0 radical (unpaired) electrons. The molecule has 20 heavy (non-hydrogen) atoms. The summed E-state index contributed by atoms with van der Waals surface area (Å²) >= 11 is 0. The van der Waals surface area contributed by atoms with Gasteiger partial charge in [0.15, 0.2) is 11.5 Å². The van der Waals surface area contributed by atoms with E-state index in [1.807, 2.05) is 12.1 Å². The topological polar surface area (TPSA) is 71.0 Å². The van der Waals surface area contributed by atoms with E-state index in [0.717, 1.165) is 18.7 Å². The fourth-order valence-electron chi connectivity index (χ4n) is 2.47. The maximum atomic E-state index is 12.1. The summed E-state index contributed by atoms with van der Waals surface area (Å²) in [5, 5.41) is 13.3. The minimum atomic E-state index is -1.01. The van der Waals surface area contributed by atoms with Crippen LogP contribution in [0.25, 0.3) is 0 Å². The van der Waals surface area contributed by atoms with Crippen LogP contribution >= 0.6 is 0 Å². The Morgan fingerprint density at radius 1 is 1.30 bits per heavy atom. The second kappa shape index (κ2) is 5.68. The van der Waals surface area contributed by atoms with Gasteiger partial charge < -0.3 is 24.8 Å². The molecule has 3 rings (SSSR count). The predicted octanol–water partition coefficient (Wildman–Crippen LogP) is -0.249. The molecule has 1 atom stereocenters. The van der Waals surface area contributed by atoms with Crippen LogP contribution in [0.4, 0.5) is 0 Å². The van der Waals surface area contributed by atoms with Gasteiger partial charge in [-0.3, -0.25) is 4.79 Å². The van der Waals surface area contributed by atoms with Gasteiger partial charge >= 0.3 is 0 Å². The van der Waals surface area contributed by atoms with Crippen molar-refractivity contribution in [1.29, 1.82) is 0 Å². The molecule has 0 aromatic heterocycles. The highest BCUT2D eigenvalue weighted by Crippen LogP contribution is 2.32. The number of nitrogens with zero attached hydrogens (tertiary/aromatic N) is 1. The highest BCUT2D eigenvalue weighted by molar-refractivity contribution is 5.81. The van der Waals surface area contributed by atoms with E-state index in [9.17, 15) is 9.90 Å². The second-order valence-corrected chi connectivity index (χ2v) is 4.98. The molecular formula is C14H18N2O4. The molecule has 108 valence electrons. The molecule has 1 saturated heterocycles. The Hall–Kier alpha value is -1.79. The van der Waals surface area contributed by atoms with Crippen molar-refractivity contribution in [2.45, 2.75) is 12.5 Å². The molecule has 1 aromatic carbocycles. The van der Waals surface area contributed by atoms with Crippen LogP contribution in [0.15, 0.2) is 18.2 Å². The quantitative estimate of drug-likeness (QED) is 0.798. The van der Waals surface area contributed by atoms with E-state index in [4.69, 9.17) is 9.47 Å². The van der Waals surface area contributed by atoms with Gasteiger partial charge in [0.05, 0.1) is 0 Å². The Morgan fingerprint density at radius 2 is 2.05 bits per heavy atom. The molecule has 2 heterocycles. The van der Waals surface area contributed by atoms with Crippen LogP contribution in [-0.4, -0.2) is 55.0 Å². The monoisotopic (exact) mass is 278 g/mol. The second-order valence-electron chi connectivity index (χ2n) is 4.98. The summed E-state index contributed by atoms with van der Waals surface area (Å²) in [7, 11) is 0. The van der Waals surface area contributed by atoms with Gasteiger partial charge in [-0.05, 0) is 17.7 Å². The molecular weight excluding hydrogens is 260 g/mol. The number of amides is 1. The van der Waals surface area contributed by atoms with E-state index in [1.54, 1.807) is 11.0 Å². The van der Waals surface area contributed by atoms with Gasteiger partial charge in [-0.1, -0.05) is 6.07 Å². The van der Waals surface area contributed by atoms with Gasteiger partial charge in [0.1, 0.15) is 6.10 Å². The zero-order chi connectivity index (χ0) is 13.9. The lowest BCUT2D eigenvalue weighted by molar-refractivity contribution is -0.140. The zero-order valence-corrected chi connectivity index (χ0v) is 11.2. The van der Waals surface area contributed by atoms with Crippen LogP contribution in [0.1, 0.15) is 5.56 Å². The van der Waals surface area contributed by atoms with Gasteiger partial charge in [-0.25, -0.2) is 0 Å². The Morgan fingerprint density at radius 3 is 2.85 bits per heavy atom. The van der Waals surface area contributed by atoms with Crippen molar-refractivity contribution in [3.63, 3.8) is 0 Å². The van der Waals surface area contributed by atoms with E-state index in [2.05, 4.69) is 5.32 Å². The SMILES string of the molecule is O=C(C(O)Cc1ccc2c(c1)OCO2)N1CCNCC1. The van der Waals surface area contributed by atoms with E-state index in [1.165, 1.54) is 0 Å². The van der Waals surface area contributed by atoms with Gasteiger partial charge in [0, 0.05) is 32.6 Å². The first kappa shape index (κ1) is 13.2. The molecule has 6 nitrogen and oxygen atoms in total. The van der Waals surface area contributed by atoms with Crippen LogP contribution in [0.2, 0.25) is 0 Å². The first-order valence-corrected chi connectivity index (χ1v) is 6.80. The van der Waals surface area contributed by atoms with Gasteiger partial charge in [0.2, 0.25) is 6.79 Å². The highest BCUT2D eigenvalue weighted by Gasteiger charge is 2.24.